The van der Waals surface area contributed by atoms with Gasteiger partial charge in [-0.2, -0.15) is 0 Å². The third-order valence-corrected chi connectivity index (χ3v) is 4.52. The summed E-state index contributed by atoms with van der Waals surface area (Å²) >= 11 is 0. The minimum atomic E-state index is -0.00919. The lowest BCUT2D eigenvalue weighted by molar-refractivity contribution is -0.137. The second kappa shape index (κ2) is 8.71. The number of piperidine rings is 1. The average Bonchev–Trinajstić information content (AvgIpc) is 2.59. The van der Waals surface area contributed by atoms with Crippen LogP contribution >= 0.6 is 0 Å². The third kappa shape index (κ3) is 4.73. The molecule has 0 bridgehead atoms. The fourth-order valence-electron chi connectivity index (χ4n) is 3.04. The Morgan fingerprint density at radius 1 is 1.21 bits per heavy atom. The largest absolute Gasteiger partial charge is 0.483 e. The molecule has 0 spiro atoms. The van der Waals surface area contributed by atoms with Crippen molar-refractivity contribution in [3.63, 3.8) is 0 Å². The molecule has 0 aromatic heterocycles. The fraction of sp³-hybridized carbons (Fsp3) is 0.579. The number of aryl methyl sites for hydroxylation is 2. The van der Waals surface area contributed by atoms with Gasteiger partial charge in [-0.05, 0) is 44.2 Å². The van der Waals surface area contributed by atoms with E-state index in [0.717, 1.165) is 42.7 Å². The molecule has 1 aliphatic heterocycles. The highest BCUT2D eigenvalue weighted by atomic mass is 16.5. The minimum absolute atomic E-state index is 0.00919. The first-order valence-corrected chi connectivity index (χ1v) is 8.77. The van der Waals surface area contributed by atoms with Crippen LogP contribution in [0, 0.1) is 19.8 Å². The van der Waals surface area contributed by atoms with Crippen molar-refractivity contribution in [3.8, 4) is 5.75 Å². The van der Waals surface area contributed by atoms with Crippen molar-refractivity contribution in [1.82, 2.24) is 10.2 Å². The molecule has 1 aliphatic rings. The Bertz CT molecular complexity index is 558. The van der Waals surface area contributed by atoms with Gasteiger partial charge in [0.25, 0.3) is 5.91 Å². The quantitative estimate of drug-likeness (QED) is 0.870. The van der Waals surface area contributed by atoms with E-state index >= 15 is 0 Å². The lowest BCUT2D eigenvalue weighted by Crippen LogP contribution is -2.44. The van der Waals surface area contributed by atoms with Gasteiger partial charge in [0.1, 0.15) is 5.75 Å². The van der Waals surface area contributed by atoms with Crippen LogP contribution in [0.3, 0.4) is 0 Å². The summed E-state index contributed by atoms with van der Waals surface area (Å²) in [6, 6.07) is 5.94. The standard InChI is InChI=1S/C19H28N2O3/c1-4-10-20-19(23)16-8-11-21(12-9-16)17(22)13-24-18-14(2)6-5-7-15(18)3/h5-7,16H,4,8-13H2,1-3H3,(H,20,23). The van der Waals surface area contributed by atoms with Crippen molar-refractivity contribution < 1.29 is 14.3 Å². The third-order valence-electron chi connectivity index (χ3n) is 4.52. The summed E-state index contributed by atoms with van der Waals surface area (Å²) in [7, 11) is 0. The molecule has 0 radical (unpaired) electrons. The van der Waals surface area contributed by atoms with Crippen molar-refractivity contribution in [2.24, 2.45) is 5.92 Å². The number of ether oxygens (including phenoxy) is 1. The molecule has 2 rings (SSSR count). The number of carbonyl (C=O) groups is 2. The number of amides is 2. The van der Waals surface area contributed by atoms with Crippen LogP contribution in [0.5, 0.6) is 5.75 Å². The van der Waals surface area contributed by atoms with E-state index in [2.05, 4.69) is 5.32 Å². The van der Waals surface area contributed by atoms with Crippen LogP contribution in [0.2, 0.25) is 0 Å². The molecule has 1 fully saturated rings. The Kier molecular flexibility index (Phi) is 6.64. The fourth-order valence-corrected chi connectivity index (χ4v) is 3.04. The van der Waals surface area contributed by atoms with Gasteiger partial charge in [-0.3, -0.25) is 9.59 Å². The van der Waals surface area contributed by atoms with Crippen molar-refractivity contribution >= 4 is 11.8 Å². The Labute approximate surface area is 144 Å². The number of para-hydroxylation sites is 1. The summed E-state index contributed by atoms with van der Waals surface area (Å²) in [6.45, 7) is 8.02. The van der Waals surface area contributed by atoms with Crippen LogP contribution < -0.4 is 10.1 Å². The maximum absolute atomic E-state index is 12.3. The van der Waals surface area contributed by atoms with Crippen LogP contribution in [-0.4, -0.2) is 43.0 Å². The molecular weight excluding hydrogens is 304 g/mol. The SMILES string of the molecule is CCCNC(=O)C1CCN(C(=O)COc2c(C)cccc2C)CC1. The van der Waals surface area contributed by atoms with Crippen molar-refractivity contribution in [3.05, 3.63) is 29.3 Å². The van der Waals surface area contributed by atoms with Gasteiger partial charge in [0.2, 0.25) is 5.91 Å². The normalized spacial score (nSPS) is 15.2. The number of nitrogens with zero attached hydrogens (tertiary/aromatic N) is 1. The van der Waals surface area contributed by atoms with E-state index in [4.69, 9.17) is 4.74 Å². The Morgan fingerprint density at radius 2 is 1.83 bits per heavy atom. The Morgan fingerprint density at radius 3 is 2.42 bits per heavy atom. The zero-order chi connectivity index (χ0) is 17.5. The predicted octanol–water partition coefficient (Wildman–Crippen LogP) is 2.45. The van der Waals surface area contributed by atoms with E-state index in [1.807, 2.05) is 39.0 Å². The van der Waals surface area contributed by atoms with Crippen LogP contribution in [0.15, 0.2) is 18.2 Å². The van der Waals surface area contributed by atoms with Crippen molar-refractivity contribution in [2.45, 2.75) is 40.0 Å². The number of hydrogen-bond donors (Lipinski definition) is 1. The highest BCUT2D eigenvalue weighted by Crippen LogP contribution is 2.23. The molecule has 24 heavy (non-hydrogen) atoms. The zero-order valence-corrected chi connectivity index (χ0v) is 14.9. The number of nitrogens with one attached hydrogen (secondary N) is 1. The molecule has 1 heterocycles. The molecule has 0 aliphatic carbocycles. The van der Waals surface area contributed by atoms with Gasteiger partial charge in [0, 0.05) is 25.6 Å². The summed E-state index contributed by atoms with van der Waals surface area (Å²) in [4.78, 5) is 26.1. The van der Waals surface area contributed by atoms with Crippen LogP contribution in [0.4, 0.5) is 0 Å². The smallest absolute Gasteiger partial charge is 0.260 e. The number of rotatable bonds is 6. The maximum atomic E-state index is 12.3. The van der Waals surface area contributed by atoms with Gasteiger partial charge in [-0.1, -0.05) is 25.1 Å². The molecule has 1 saturated heterocycles. The van der Waals surface area contributed by atoms with E-state index in [0.29, 0.717) is 13.1 Å². The summed E-state index contributed by atoms with van der Waals surface area (Å²) in [5.74, 6) is 0.931. The van der Waals surface area contributed by atoms with Crippen LogP contribution in [-0.2, 0) is 9.59 Å². The number of benzene rings is 1. The van der Waals surface area contributed by atoms with E-state index in [1.165, 1.54) is 0 Å². The van der Waals surface area contributed by atoms with Gasteiger partial charge in [0.15, 0.2) is 6.61 Å². The number of carbonyl (C=O) groups excluding carboxylic acids is 2. The molecule has 5 nitrogen and oxygen atoms in total. The van der Waals surface area contributed by atoms with E-state index in [1.54, 1.807) is 4.90 Å². The number of likely N-dealkylation sites (tertiary alicyclic amines) is 1. The lowest BCUT2D eigenvalue weighted by atomic mass is 9.96. The van der Waals surface area contributed by atoms with Gasteiger partial charge < -0.3 is 15.0 Å². The molecule has 1 aromatic carbocycles. The highest BCUT2D eigenvalue weighted by molar-refractivity contribution is 5.80. The van der Waals surface area contributed by atoms with Gasteiger partial charge in [-0.25, -0.2) is 0 Å². The van der Waals surface area contributed by atoms with Crippen LogP contribution in [0.1, 0.15) is 37.3 Å². The molecule has 0 saturated carbocycles. The molecule has 1 aromatic rings. The first-order valence-electron chi connectivity index (χ1n) is 8.77. The van der Waals surface area contributed by atoms with E-state index < -0.39 is 0 Å². The second-order valence-electron chi connectivity index (χ2n) is 6.46. The summed E-state index contributed by atoms with van der Waals surface area (Å²) < 4.78 is 5.74. The van der Waals surface area contributed by atoms with Gasteiger partial charge in [-0.15, -0.1) is 0 Å². The predicted molar refractivity (Wildman–Crippen MR) is 94.0 cm³/mol. The lowest BCUT2D eigenvalue weighted by Gasteiger charge is -2.31. The second-order valence-corrected chi connectivity index (χ2v) is 6.46. The Hall–Kier alpha value is -2.04. The average molecular weight is 332 g/mol. The first-order chi connectivity index (χ1) is 11.5. The Balaban J connectivity index is 1.80. The molecule has 5 heteroatoms. The molecule has 0 unspecified atom stereocenters. The molecule has 0 atom stereocenters. The molecular formula is C19H28N2O3. The topological polar surface area (TPSA) is 58.6 Å². The number of hydrogen-bond acceptors (Lipinski definition) is 3. The van der Waals surface area contributed by atoms with Crippen LogP contribution in [0.25, 0.3) is 0 Å². The van der Waals surface area contributed by atoms with Crippen molar-refractivity contribution in [2.75, 3.05) is 26.2 Å². The molecule has 132 valence electrons. The maximum Gasteiger partial charge on any atom is 0.260 e. The highest BCUT2D eigenvalue weighted by Gasteiger charge is 2.27. The van der Waals surface area contributed by atoms with Crippen molar-refractivity contribution in [1.29, 1.82) is 0 Å². The monoisotopic (exact) mass is 332 g/mol. The first kappa shape index (κ1) is 18.3. The summed E-state index contributed by atoms with van der Waals surface area (Å²) in [5, 5.41) is 2.94. The molecule has 1 N–H and O–H groups in total. The van der Waals surface area contributed by atoms with Gasteiger partial charge in [0.05, 0.1) is 0 Å². The van der Waals surface area contributed by atoms with Gasteiger partial charge >= 0.3 is 0 Å². The molecule has 2 amide bonds. The zero-order valence-electron chi connectivity index (χ0n) is 14.9. The summed E-state index contributed by atoms with van der Waals surface area (Å²) in [5.41, 5.74) is 2.07. The van der Waals surface area contributed by atoms with E-state index in [9.17, 15) is 9.59 Å². The summed E-state index contributed by atoms with van der Waals surface area (Å²) in [6.07, 6.45) is 2.40. The van der Waals surface area contributed by atoms with E-state index in [-0.39, 0.29) is 24.3 Å². The minimum Gasteiger partial charge on any atom is -0.483 e.